The number of halogens is 1. The number of pyridine rings is 1. The molecule has 0 bridgehead atoms. The Balaban J connectivity index is 1.33. The van der Waals surface area contributed by atoms with E-state index >= 15 is 0 Å². The van der Waals surface area contributed by atoms with Crippen LogP contribution in [0.15, 0.2) is 61.1 Å². The maximum Gasteiger partial charge on any atom is 0.254 e. The first-order chi connectivity index (χ1) is 14.6. The Morgan fingerprint density at radius 1 is 1.27 bits per heavy atom. The van der Waals surface area contributed by atoms with Crippen LogP contribution in [0.4, 0.5) is 4.39 Å². The molecule has 1 N–H and O–H groups in total. The summed E-state index contributed by atoms with van der Waals surface area (Å²) in [5.74, 6) is -0.153. The van der Waals surface area contributed by atoms with Gasteiger partial charge in [-0.2, -0.15) is 5.10 Å². The van der Waals surface area contributed by atoms with Crippen LogP contribution in [0.2, 0.25) is 0 Å². The molecular weight excluding hydrogens is 381 g/mol. The number of carbonyl (C=O) groups excluding carboxylic acids is 1. The van der Waals surface area contributed by atoms with Gasteiger partial charge in [0.05, 0.1) is 22.9 Å². The molecule has 0 radical (unpaired) electrons. The van der Waals surface area contributed by atoms with Crippen molar-refractivity contribution in [3.8, 4) is 11.3 Å². The summed E-state index contributed by atoms with van der Waals surface area (Å²) in [6, 6.07) is 12.2. The van der Waals surface area contributed by atoms with E-state index in [1.165, 1.54) is 12.1 Å². The highest BCUT2D eigenvalue weighted by Crippen LogP contribution is 2.28. The second-order valence-electron chi connectivity index (χ2n) is 7.97. The zero-order valence-corrected chi connectivity index (χ0v) is 16.6. The number of aromatic amines is 1. The summed E-state index contributed by atoms with van der Waals surface area (Å²) in [4.78, 5) is 19.5. The molecule has 4 heterocycles. The molecule has 7 heteroatoms. The summed E-state index contributed by atoms with van der Waals surface area (Å²) in [7, 11) is 0. The van der Waals surface area contributed by atoms with E-state index in [1.54, 1.807) is 18.3 Å². The Hall–Kier alpha value is -3.48. The molecule has 6 nitrogen and oxygen atoms in total. The van der Waals surface area contributed by atoms with E-state index in [4.69, 9.17) is 4.98 Å². The fraction of sp³-hybridized carbons (Fsp3) is 0.261. The highest BCUT2D eigenvalue weighted by molar-refractivity contribution is 5.94. The first-order valence-corrected chi connectivity index (χ1v) is 10.1. The van der Waals surface area contributed by atoms with Crippen molar-refractivity contribution in [3.63, 3.8) is 0 Å². The fourth-order valence-electron chi connectivity index (χ4n) is 4.41. The van der Waals surface area contributed by atoms with Crippen LogP contribution in [0, 0.1) is 11.7 Å². The van der Waals surface area contributed by atoms with E-state index in [9.17, 15) is 9.18 Å². The molecular formula is C23H22FN5O. The first kappa shape index (κ1) is 18.5. The molecule has 1 aliphatic rings. The zero-order valence-electron chi connectivity index (χ0n) is 16.6. The molecule has 0 saturated carbocycles. The van der Waals surface area contributed by atoms with Crippen LogP contribution in [-0.4, -0.2) is 43.1 Å². The summed E-state index contributed by atoms with van der Waals surface area (Å²) in [5, 5.41) is 6.80. The summed E-state index contributed by atoms with van der Waals surface area (Å²) in [6.45, 7) is 3.54. The Kier molecular flexibility index (Phi) is 4.58. The van der Waals surface area contributed by atoms with Gasteiger partial charge in [-0.05, 0) is 55.7 Å². The third-order valence-corrected chi connectivity index (χ3v) is 5.87. The molecule has 1 aliphatic heterocycles. The molecule has 0 unspecified atom stereocenters. The number of benzene rings is 1. The Morgan fingerprint density at radius 2 is 2.17 bits per heavy atom. The van der Waals surface area contributed by atoms with Crippen LogP contribution in [-0.2, 0) is 6.54 Å². The number of carbonyl (C=O) groups is 1. The highest BCUT2D eigenvalue weighted by atomic mass is 19.1. The summed E-state index contributed by atoms with van der Waals surface area (Å²) in [6.07, 6.45) is 6.56. The van der Waals surface area contributed by atoms with E-state index in [0.29, 0.717) is 18.0 Å². The van der Waals surface area contributed by atoms with Crippen LogP contribution in [0.3, 0.4) is 0 Å². The van der Waals surface area contributed by atoms with Gasteiger partial charge in [0.25, 0.3) is 5.91 Å². The molecule has 1 fully saturated rings. The number of hydrogen-bond donors (Lipinski definition) is 1. The largest absolute Gasteiger partial charge is 0.346 e. The molecule has 5 rings (SSSR count). The Bertz CT molecular complexity index is 1200. The number of likely N-dealkylation sites (tertiary alicyclic amines) is 1. The third kappa shape index (κ3) is 3.36. The molecule has 152 valence electrons. The number of aromatic nitrogens is 4. The molecule has 2 atom stereocenters. The molecule has 0 aliphatic carbocycles. The second-order valence-corrected chi connectivity index (χ2v) is 7.97. The summed E-state index contributed by atoms with van der Waals surface area (Å²) >= 11 is 0. The van der Waals surface area contributed by atoms with Crippen LogP contribution in [0.25, 0.3) is 22.3 Å². The van der Waals surface area contributed by atoms with Crippen molar-refractivity contribution < 1.29 is 9.18 Å². The maximum absolute atomic E-state index is 13.5. The number of nitrogens with one attached hydrogen (secondary N) is 1. The van der Waals surface area contributed by atoms with Gasteiger partial charge in [0.1, 0.15) is 5.82 Å². The highest BCUT2D eigenvalue weighted by Gasteiger charge is 2.33. The molecule has 4 aromatic rings. The molecule has 30 heavy (non-hydrogen) atoms. The second kappa shape index (κ2) is 7.40. The van der Waals surface area contributed by atoms with Crippen molar-refractivity contribution in [1.29, 1.82) is 0 Å². The van der Waals surface area contributed by atoms with E-state index in [0.717, 1.165) is 35.3 Å². The maximum atomic E-state index is 13.5. The molecule has 0 spiro atoms. The number of fused-ring (bicyclic) bond motifs is 1. The standard InChI is InChI=1S/C23H22FN5O/c1-15-9-16(14-29(15)23(30)17-3-2-4-19(24)10-17)13-28-8-7-21-22(28)6-5-20(27-21)18-11-25-26-12-18/h2-8,10-12,15-16H,9,13-14H2,1H3,(H,25,26)/t15-,16+/m1/s1. The van der Waals surface area contributed by atoms with Crippen LogP contribution in [0.5, 0.6) is 0 Å². The smallest absolute Gasteiger partial charge is 0.254 e. The third-order valence-electron chi connectivity index (χ3n) is 5.87. The van der Waals surface area contributed by atoms with Gasteiger partial charge in [0, 0.05) is 42.7 Å². The lowest BCUT2D eigenvalue weighted by atomic mass is 10.1. The molecule has 1 amide bonds. The van der Waals surface area contributed by atoms with Gasteiger partial charge < -0.3 is 9.47 Å². The molecule has 1 aromatic carbocycles. The summed E-state index contributed by atoms with van der Waals surface area (Å²) in [5.41, 5.74) is 4.26. The lowest BCUT2D eigenvalue weighted by molar-refractivity contribution is 0.0741. The lowest BCUT2D eigenvalue weighted by Crippen LogP contribution is -2.34. The van der Waals surface area contributed by atoms with Gasteiger partial charge in [-0.3, -0.25) is 9.89 Å². The van der Waals surface area contributed by atoms with Crippen molar-refractivity contribution in [1.82, 2.24) is 24.6 Å². The number of H-pyrrole nitrogens is 1. The first-order valence-electron chi connectivity index (χ1n) is 10.1. The topological polar surface area (TPSA) is 66.8 Å². The van der Waals surface area contributed by atoms with Crippen molar-refractivity contribution >= 4 is 16.9 Å². The van der Waals surface area contributed by atoms with Gasteiger partial charge >= 0.3 is 0 Å². The number of rotatable bonds is 4. The van der Waals surface area contributed by atoms with E-state index < -0.39 is 0 Å². The van der Waals surface area contributed by atoms with Crippen molar-refractivity contribution in [3.05, 3.63) is 72.4 Å². The van der Waals surface area contributed by atoms with E-state index in [2.05, 4.69) is 34.0 Å². The number of hydrogen-bond acceptors (Lipinski definition) is 3. The molecule has 1 saturated heterocycles. The SMILES string of the molecule is C[C@@H]1C[C@@H](Cn2ccc3nc(-c4cn[nH]c4)ccc32)CN1C(=O)c1cccc(F)c1. The van der Waals surface area contributed by atoms with Gasteiger partial charge in [0.2, 0.25) is 0 Å². The number of nitrogens with zero attached hydrogens (tertiary/aromatic N) is 4. The zero-order chi connectivity index (χ0) is 20.7. The van der Waals surface area contributed by atoms with Gasteiger partial charge in [-0.1, -0.05) is 6.07 Å². The van der Waals surface area contributed by atoms with Crippen molar-refractivity contribution in [2.75, 3.05) is 6.54 Å². The van der Waals surface area contributed by atoms with Crippen LogP contribution in [0.1, 0.15) is 23.7 Å². The Morgan fingerprint density at radius 3 is 2.97 bits per heavy atom. The minimum atomic E-state index is -0.384. The monoisotopic (exact) mass is 403 g/mol. The average molecular weight is 403 g/mol. The van der Waals surface area contributed by atoms with Crippen molar-refractivity contribution in [2.45, 2.75) is 25.9 Å². The average Bonchev–Trinajstić information content (AvgIpc) is 3.48. The van der Waals surface area contributed by atoms with Gasteiger partial charge in [-0.25, -0.2) is 9.37 Å². The lowest BCUT2D eigenvalue weighted by Gasteiger charge is -2.21. The Labute approximate surface area is 173 Å². The van der Waals surface area contributed by atoms with Gasteiger partial charge in [0.15, 0.2) is 0 Å². The van der Waals surface area contributed by atoms with E-state index in [-0.39, 0.29) is 17.8 Å². The van der Waals surface area contributed by atoms with Gasteiger partial charge in [-0.15, -0.1) is 0 Å². The van der Waals surface area contributed by atoms with Crippen molar-refractivity contribution in [2.24, 2.45) is 5.92 Å². The van der Waals surface area contributed by atoms with Crippen LogP contribution < -0.4 is 0 Å². The predicted molar refractivity (Wildman–Crippen MR) is 112 cm³/mol. The minimum Gasteiger partial charge on any atom is -0.346 e. The predicted octanol–water partition coefficient (Wildman–Crippen LogP) is 4.12. The van der Waals surface area contributed by atoms with E-state index in [1.807, 2.05) is 23.2 Å². The number of amides is 1. The normalized spacial score (nSPS) is 18.9. The molecule has 3 aromatic heterocycles. The quantitative estimate of drug-likeness (QED) is 0.557. The van der Waals surface area contributed by atoms with Crippen LogP contribution >= 0.6 is 0 Å². The minimum absolute atomic E-state index is 0.103. The summed E-state index contributed by atoms with van der Waals surface area (Å²) < 4.78 is 15.7. The fourth-order valence-corrected chi connectivity index (χ4v) is 4.41.